The molecular weight excluding hydrogens is 392 g/mol. The highest BCUT2D eigenvalue weighted by Crippen LogP contribution is 2.53. The van der Waals surface area contributed by atoms with Crippen molar-refractivity contribution in [2.24, 2.45) is 23.7 Å². The number of carbonyl (C=O) groups excluding carboxylic acids is 2. The third-order valence-corrected chi connectivity index (χ3v) is 7.40. The second-order valence-corrected chi connectivity index (χ2v) is 10.5. The molecule has 160 valence electrons. The van der Waals surface area contributed by atoms with Gasteiger partial charge in [-0.3, -0.25) is 9.59 Å². The SMILES string of the molecule is CC(=O)OCCOc1noc(C(=O)NC2C3CC4CC(C3)CC2C4)c1SC(C)C. The van der Waals surface area contributed by atoms with Crippen molar-refractivity contribution >= 4 is 23.6 Å². The Morgan fingerprint density at radius 3 is 2.38 bits per heavy atom. The minimum atomic E-state index is -0.360. The molecule has 4 fully saturated rings. The van der Waals surface area contributed by atoms with Gasteiger partial charge in [-0.2, -0.15) is 0 Å². The standard InChI is InChI=1S/C21H30N2O5S/c1-11(2)29-19-18(28-23-21(19)27-5-4-26-12(3)24)20(25)22-17-15-7-13-6-14(9-15)10-16(17)8-13/h11,13-17H,4-10H2,1-3H3,(H,22,25). The minimum absolute atomic E-state index is 0.128. The van der Waals surface area contributed by atoms with E-state index in [1.165, 1.54) is 50.8 Å². The Bertz CT molecular complexity index is 734. The normalized spacial score (nSPS) is 29.9. The first-order valence-electron chi connectivity index (χ1n) is 10.6. The maximum Gasteiger partial charge on any atom is 0.302 e. The maximum absolute atomic E-state index is 13.1. The number of nitrogens with zero attached hydrogens (tertiary/aromatic N) is 1. The average Bonchev–Trinajstić information content (AvgIpc) is 3.03. The van der Waals surface area contributed by atoms with Gasteiger partial charge in [0.1, 0.15) is 18.1 Å². The molecule has 8 heteroatoms. The van der Waals surface area contributed by atoms with E-state index < -0.39 is 0 Å². The number of hydrogen-bond acceptors (Lipinski definition) is 7. The number of hydrogen-bond donors (Lipinski definition) is 1. The summed E-state index contributed by atoms with van der Waals surface area (Å²) in [5.41, 5.74) is 0. The summed E-state index contributed by atoms with van der Waals surface area (Å²) < 4.78 is 15.9. The molecule has 4 bridgehead atoms. The van der Waals surface area contributed by atoms with Crippen molar-refractivity contribution in [3.63, 3.8) is 0 Å². The van der Waals surface area contributed by atoms with E-state index in [1.54, 1.807) is 0 Å². The molecule has 0 atom stereocenters. The van der Waals surface area contributed by atoms with Gasteiger partial charge in [-0.1, -0.05) is 13.8 Å². The molecule has 5 rings (SSSR count). The summed E-state index contributed by atoms with van der Waals surface area (Å²) in [7, 11) is 0. The number of aromatic nitrogens is 1. The maximum atomic E-state index is 13.1. The van der Waals surface area contributed by atoms with E-state index in [-0.39, 0.29) is 48.0 Å². The molecule has 1 aromatic rings. The molecule has 1 aromatic heterocycles. The van der Waals surface area contributed by atoms with Crippen LogP contribution in [0.2, 0.25) is 0 Å². The van der Waals surface area contributed by atoms with Gasteiger partial charge in [0, 0.05) is 18.2 Å². The smallest absolute Gasteiger partial charge is 0.302 e. The molecule has 0 saturated heterocycles. The van der Waals surface area contributed by atoms with Crippen molar-refractivity contribution in [2.75, 3.05) is 13.2 Å². The van der Waals surface area contributed by atoms with Crippen LogP contribution >= 0.6 is 11.8 Å². The lowest BCUT2D eigenvalue weighted by Gasteiger charge is -2.54. The summed E-state index contributed by atoms with van der Waals surface area (Å²) >= 11 is 1.49. The number of nitrogens with one attached hydrogen (secondary N) is 1. The van der Waals surface area contributed by atoms with Gasteiger partial charge in [-0.25, -0.2) is 0 Å². The fraction of sp³-hybridized carbons (Fsp3) is 0.762. The Kier molecular flexibility index (Phi) is 6.08. The highest BCUT2D eigenvalue weighted by atomic mass is 32.2. The van der Waals surface area contributed by atoms with Crippen LogP contribution in [0, 0.1) is 23.7 Å². The van der Waals surface area contributed by atoms with Gasteiger partial charge < -0.3 is 19.3 Å². The quantitative estimate of drug-likeness (QED) is 0.388. The number of thioether (sulfide) groups is 1. The third kappa shape index (κ3) is 4.57. The van der Waals surface area contributed by atoms with E-state index in [1.807, 2.05) is 13.8 Å². The van der Waals surface area contributed by atoms with Crippen molar-refractivity contribution in [1.29, 1.82) is 0 Å². The predicted molar refractivity (Wildman–Crippen MR) is 108 cm³/mol. The lowest BCUT2D eigenvalue weighted by Crippen LogP contribution is -2.55. The Balaban J connectivity index is 1.44. The van der Waals surface area contributed by atoms with Crippen LogP contribution in [0.25, 0.3) is 0 Å². The van der Waals surface area contributed by atoms with Gasteiger partial charge in [-0.05, 0) is 60.9 Å². The monoisotopic (exact) mass is 422 g/mol. The second kappa shape index (κ2) is 8.58. The molecule has 4 saturated carbocycles. The summed E-state index contributed by atoms with van der Waals surface area (Å²) in [6.07, 6.45) is 6.36. The molecule has 1 N–H and O–H groups in total. The molecule has 7 nitrogen and oxygen atoms in total. The molecule has 1 amide bonds. The van der Waals surface area contributed by atoms with E-state index in [9.17, 15) is 9.59 Å². The summed E-state index contributed by atoms with van der Waals surface area (Å²) in [5.74, 6) is 2.86. The summed E-state index contributed by atoms with van der Waals surface area (Å²) in [6, 6.07) is 0.241. The first-order chi connectivity index (χ1) is 13.9. The zero-order valence-electron chi connectivity index (χ0n) is 17.3. The average molecular weight is 423 g/mol. The molecule has 1 heterocycles. The van der Waals surface area contributed by atoms with E-state index in [0.717, 1.165) is 11.8 Å². The highest BCUT2D eigenvalue weighted by Gasteiger charge is 2.49. The fourth-order valence-corrected chi connectivity index (χ4v) is 6.45. The van der Waals surface area contributed by atoms with Crippen molar-refractivity contribution < 1.29 is 23.6 Å². The highest BCUT2D eigenvalue weighted by molar-refractivity contribution is 8.00. The zero-order chi connectivity index (χ0) is 20.5. The number of carbonyl (C=O) groups is 2. The fourth-order valence-electron chi connectivity index (χ4n) is 5.54. The molecular formula is C21H30N2O5S. The Hall–Kier alpha value is -1.70. The van der Waals surface area contributed by atoms with E-state index in [2.05, 4.69) is 10.5 Å². The molecule has 0 spiro atoms. The van der Waals surface area contributed by atoms with Crippen molar-refractivity contribution in [3.05, 3.63) is 5.76 Å². The number of rotatable bonds is 8. The lowest BCUT2D eigenvalue weighted by molar-refractivity contribution is -0.141. The van der Waals surface area contributed by atoms with Gasteiger partial charge in [-0.15, -0.1) is 11.8 Å². The van der Waals surface area contributed by atoms with Crippen LogP contribution in [0.4, 0.5) is 0 Å². The minimum Gasteiger partial charge on any atom is -0.471 e. The van der Waals surface area contributed by atoms with Gasteiger partial charge in [0.15, 0.2) is 0 Å². The number of amides is 1. The van der Waals surface area contributed by atoms with Crippen molar-refractivity contribution in [1.82, 2.24) is 10.5 Å². The molecule has 29 heavy (non-hydrogen) atoms. The Morgan fingerprint density at radius 1 is 1.14 bits per heavy atom. The van der Waals surface area contributed by atoms with Crippen LogP contribution < -0.4 is 10.1 Å². The van der Waals surface area contributed by atoms with E-state index in [4.69, 9.17) is 14.0 Å². The molecule has 0 unspecified atom stereocenters. The molecule has 4 aliphatic carbocycles. The van der Waals surface area contributed by atoms with E-state index >= 15 is 0 Å². The van der Waals surface area contributed by atoms with Gasteiger partial charge >= 0.3 is 5.97 Å². The molecule has 0 aromatic carbocycles. The van der Waals surface area contributed by atoms with Crippen LogP contribution in [0.15, 0.2) is 9.42 Å². The van der Waals surface area contributed by atoms with Crippen LogP contribution in [0.1, 0.15) is 63.4 Å². The van der Waals surface area contributed by atoms with Crippen LogP contribution in [-0.2, 0) is 9.53 Å². The van der Waals surface area contributed by atoms with Gasteiger partial charge in [0.05, 0.1) is 0 Å². The predicted octanol–water partition coefficient (Wildman–Crippen LogP) is 3.67. The lowest BCUT2D eigenvalue weighted by atomic mass is 9.54. The van der Waals surface area contributed by atoms with Gasteiger partial charge in [0.2, 0.25) is 5.76 Å². The topological polar surface area (TPSA) is 90.7 Å². The first kappa shape index (κ1) is 20.6. The largest absolute Gasteiger partial charge is 0.471 e. The third-order valence-electron chi connectivity index (χ3n) is 6.33. The van der Waals surface area contributed by atoms with Crippen LogP contribution in [0.3, 0.4) is 0 Å². The van der Waals surface area contributed by atoms with E-state index in [0.29, 0.717) is 16.7 Å². The summed E-state index contributed by atoms with van der Waals surface area (Å²) in [6.45, 7) is 5.72. The van der Waals surface area contributed by atoms with Crippen LogP contribution in [0.5, 0.6) is 5.88 Å². The number of ether oxygens (including phenoxy) is 2. The first-order valence-corrected chi connectivity index (χ1v) is 11.5. The zero-order valence-corrected chi connectivity index (χ0v) is 18.1. The molecule has 0 radical (unpaired) electrons. The second-order valence-electron chi connectivity index (χ2n) is 8.93. The summed E-state index contributed by atoms with van der Waals surface area (Å²) in [4.78, 5) is 24.6. The van der Waals surface area contributed by atoms with Crippen molar-refractivity contribution in [2.45, 2.75) is 69.1 Å². The van der Waals surface area contributed by atoms with Crippen molar-refractivity contribution in [3.8, 4) is 5.88 Å². The Morgan fingerprint density at radius 2 is 1.79 bits per heavy atom. The molecule has 0 aliphatic heterocycles. The number of esters is 1. The molecule has 4 aliphatic rings. The summed E-state index contributed by atoms with van der Waals surface area (Å²) in [5, 5.41) is 7.48. The van der Waals surface area contributed by atoms with Gasteiger partial charge in [0.25, 0.3) is 11.8 Å². The van der Waals surface area contributed by atoms with Crippen LogP contribution in [-0.4, -0.2) is 41.5 Å². The Labute approximate surface area is 175 Å².